The topological polar surface area (TPSA) is 28.6 Å². The zero-order chi connectivity index (χ0) is 13.8. The second kappa shape index (κ2) is 6.44. The van der Waals surface area contributed by atoms with E-state index in [1.165, 1.54) is 44.3 Å². The molecule has 0 bridgehead atoms. The van der Waals surface area contributed by atoms with Crippen LogP contribution in [0.2, 0.25) is 0 Å². The van der Waals surface area contributed by atoms with E-state index in [-0.39, 0.29) is 0 Å². The number of pyridine rings is 1. The molecule has 0 aliphatic carbocycles. The Bertz CT molecular complexity index is 431. The lowest BCUT2D eigenvalue weighted by Gasteiger charge is -2.28. The molecule has 4 heteroatoms. The van der Waals surface area contributed by atoms with Crippen molar-refractivity contribution in [2.75, 3.05) is 38.2 Å². The molecule has 0 radical (unpaired) electrons. The van der Waals surface area contributed by atoms with Crippen LogP contribution in [0.3, 0.4) is 0 Å². The number of ether oxygens (including phenoxy) is 1. The van der Waals surface area contributed by atoms with Crippen molar-refractivity contribution in [3.63, 3.8) is 0 Å². The van der Waals surface area contributed by atoms with Crippen LogP contribution in [-0.2, 0) is 0 Å². The summed E-state index contributed by atoms with van der Waals surface area (Å²) in [5, 5.41) is 0. The van der Waals surface area contributed by atoms with Crippen molar-refractivity contribution in [2.24, 2.45) is 0 Å². The summed E-state index contributed by atoms with van der Waals surface area (Å²) in [5.74, 6) is 0.911. The molecule has 0 unspecified atom stereocenters. The Hall–Kier alpha value is -1.29. The normalized spacial score (nSPS) is 24.1. The summed E-state index contributed by atoms with van der Waals surface area (Å²) in [6, 6.07) is 2.71. The van der Waals surface area contributed by atoms with Gasteiger partial charge in [-0.05, 0) is 45.7 Å². The largest absolute Gasteiger partial charge is 0.490 e. The van der Waals surface area contributed by atoms with Crippen LogP contribution in [0, 0.1) is 0 Å². The van der Waals surface area contributed by atoms with Gasteiger partial charge in [-0.3, -0.25) is 4.98 Å². The van der Waals surface area contributed by atoms with Crippen molar-refractivity contribution in [3.05, 3.63) is 18.5 Å². The van der Waals surface area contributed by atoms with Crippen LogP contribution < -0.4 is 9.64 Å². The van der Waals surface area contributed by atoms with Crippen molar-refractivity contribution in [1.29, 1.82) is 0 Å². The molecule has 110 valence electrons. The molecule has 0 N–H and O–H groups in total. The Morgan fingerprint density at radius 1 is 1.15 bits per heavy atom. The van der Waals surface area contributed by atoms with Crippen molar-refractivity contribution in [2.45, 2.75) is 38.1 Å². The number of likely N-dealkylation sites (N-methyl/N-ethyl adjacent to an activating group) is 1. The predicted molar refractivity (Wildman–Crippen MR) is 81.4 cm³/mol. The van der Waals surface area contributed by atoms with Crippen LogP contribution >= 0.6 is 0 Å². The van der Waals surface area contributed by atoms with Crippen molar-refractivity contribution >= 4 is 5.69 Å². The number of rotatable bonds is 4. The molecule has 1 atom stereocenters. The number of piperidine rings is 1. The molecule has 3 rings (SSSR count). The Morgan fingerprint density at radius 3 is 2.75 bits per heavy atom. The van der Waals surface area contributed by atoms with Crippen LogP contribution in [0.25, 0.3) is 0 Å². The van der Waals surface area contributed by atoms with E-state index in [1.54, 1.807) is 0 Å². The van der Waals surface area contributed by atoms with Gasteiger partial charge in [-0.15, -0.1) is 0 Å². The predicted octanol–water partition coefficient (Wildman–Crippen LogP) is 2.54. The standard InChI is InChI=1S/C16H25N3O/c1-18-7-5-6-14(18)13-20-16-10-15(11-17-12-16)19-8-3-2-4-9-19/h10-12,14H,2-9,13H2,1H3/t14-/m0/s1. The zero-order valence-corrected chi connectivity index (χ0v) is 12.4. The number of hydrogen-bond acceptors (Lipinski definition) is 4. The smallest absolute Gasteiger partial charge is 0.139 e. The molecule has 2 aliphatic heterocycles. The van der Waals surface area contributed by atoms with E-state index >= 15 is 0 Å². The van der Waals surface area contributed by atoms with Gasteiger partial charge in [-0.1, -0.05) is 0 Å². The minimum atomic E-state index is 0.564. The van der Waals surface area contributed by atoms with Crippen LogP contribution in [0.15, 0.2) is 18.5 Å². The van der Waals surface area contributed by atoms with Crippen LogP contribution in [-0.4, -0.2) is 49.2 Å². The molecule has 1 aromatic heterocycles. The summed E-state index contributed by atoms with van der Waals surface area (Å²) in [7, 11) is 2.18. The van der Waals surface area contributed by atoms with E-state index in [4.69, 9.17) is 4.74 Å². The van der Waals surface area contributed by atoms with E-state index in [2.05, 4.69) is 27.9 Å². The van der Waals surface area contributed by atoms with Crippen LogP contribution in [0.5, 0.6) is 5.75 Å². The molecule has 0 spiro atoms. The van der Waals surface area contributed by atoms with Gasteiger partial charge in [0.05, 0.1) is 18.1 Å². The molecule has 2 aliphatic rings. The number of aromatic nitrogens is 1. The highest BCUT2D eigenvalue weighted by molar-refractivity contribution is 5.48. The Balaban J connectivity index is 1.59. The zero-order valence-electron chi connectivity index (χ0n) is 12.4. The first-order chi connectivity index (χ1) is 9.83. The van der Waals surface area contributed by atoms with Gasteiger partial charge in [-0.25, -0.2) is 0 Å². The van der Waals surface area contributed by atoms with E-state index in [9.17, 15) is 0 Å². The maximum Gasteiger partial charge on any atom is 0.139 e. The number of nitrogens with zero attached hydrogens (tertiary/aromatic N) is 3. The highest BCUT2D eigenvalue weighted by atomic mass is 16.5. The van der Waals surface area contributed by atoms with Gasteiger partial charge in [0.25, 0.3) is 0 Å². The van der Waals surface area contributed by atoms with E-state index in [0.29, 0.717) is 6.04 Å². The number of hydrogen-bond donors (Lipinski definition) is 0. The van der Waals surface area contributed by atoms with Crippen molar-refractivity contribution < 1.29 is 4.74 Å². The van der Waals surface area contributed by atoms with E-state index in [0.717, 1.165) is 25.4 Å². The summed E-state index contributed by atoms with van der Waals surface area (Å²) in [5.41, 5.74) is 1.21. The number of likely N-dealkylation sites (tertiary alicyclic amines) is 1. The van der Waals surface area contributed by atoms with Gasteiger partial charge in [0.1, 0.15) is 12.4 Å². The second-order valence-corrected chi connectivity index (χ2v) is 6.01. The van der Waals surface area contributed by atoms with E-state index < -0.39 is 0 Å². The number of anilines is 1. The van der Waals surface area contributed by atoms with Gasteiger partial charge < -0.3 is 14.5 Å². The molecule has 1 aromatic rings. The fourth-order valence-corrected chi connectivity index (χ4v) is 3.19. The highest BCUT2D eigenvalue weighted by Crippen LogP contribution is 2.24. The van der Waals surface area contributed by atoms with Gasteiger partial charge in [-0.2, -0.15) is 0 Å². The lowest BCUT2D eigenvalue weighted by atomic mass is 10.1. The fourth-order valence-electron chi connectivity index (χ4n) is 3.19. The molecule has 4 nitrogen and oxygen atoms in total. The summed E-state index contributed by atoms with van der Waals surface area (Å²) < 4.78 is 5.96. The van der Waals surface area contributed by atoms with Crippen molar-refractivity contribution in [3.8, 4) is 5.75 Å². The van der Waals surface area contributed by atoms with Gasteiger partial charge >= 0.3 is 0 Å². The second-order valence-electron chi connectivity index (χ2n) is 6.01. The summed E-state index contributed by atoms with van der Waals surface area (Å²) in [4.78, 5) is 9.16. The maximum absolute atomic E-state index is 5.96. The first-order valence-corrected chi connectivity index (χ1v) is 7.86. The highest BCUT2D eigenvalue weighted by Gasteiger charge is 2.21. The third kappa shape index (κ3) is 3.23. The average molecular weight is 275 g/mol. The van der Waals surface area contributed by atoms with Crippen molar-refractivity contribution in [1.82, 2.24) is 9.88 Å². The van der Waals surface area contributed by atoms with Gasteiger partial charge in [0, 0.05) is 25.2 Å². The Kier molecular flexibility index (Phi) is 4.41. The molecule has 0 amide bonds. The Morgan fingerprint density at radius 2 is 2.00 bits per heavy atom. The molecule has 0 aromatic carbocycles. The fraction of sp³-hybridized carbons (Fsp3) is 0.688. The molecule has 3 heterocycles. The third-order valence-electron chi connectivity index (χ3n) is 4.53. The lowest BCUT2D eigenvalue weighted by molar-refractivity contribution is 0.198. The molecular weight excluding hydrogens is 250 g/mol. The maximum atomic E-state index is 5.96. The third-order valence-corrected chi connectivity index (χ3v) is 4.53. The Labute approximate surface area is 121 Å². The van der Waals surface area contributed by atoms with Crippen LogP contribution in [0.1, 0.15) is 32.1 Å². The minimum absolute atomic E-state index is 0.564. The SMILES string of the molecule is CN1CCC[C@H]1COc1cncc(N2CCCCC2)c1. The minimum Gasteiger partial charge on any atom is -0.490 e. The molecular formula is C16H25N3O. The van der Waals surface area contributed by atoms with Gasteiger partial charge in [0.2, 0.25) is 0 Å². The first-order valence-electron chi connectivity index (χ1n) is 7.86. The summed E-state index contributed by atoms with van der Waals surface area (Å²) >= 11 is 0. The van der Waals surface area contributed by atoms with Crippen LogP contribution in [0.4, 0.5) is 5.69 Å². The molecule has 0 saturated carbocycles. The summed E-state index contributed by atoms with van der Waals surface area (Å²) in [6.45, 7) is 4.27. The van der Waals surface area contributed by atoms with E-state index in [1.807, 2.05) is 12.4 Å². The molecule has 2 saturated heterocycles. The molecule has 20 heavy (non-hydrogen) atoms. The average Bonchev–Trinajstić information content (AvgIpc) is 2.92. The van der Waals surface area contributed by atoms with Gasteiger partial charge in [0.15, 0.2) is 0 Å². The lowest BCUT2D eigenvalue weighted by Crippen LogP contribution is -2.31. The summed E-state index contributed by atoms with van der Waals surface area (Å²) in [6.07, 6.45) is 10.3. The molecule has 2 fully saturated rings. The monoisotopic (exact) mass is 275 g/mol. The first kappa shape index (κ1) is 13.7. The quantitative estimate of drug-likeness (QED) is 0.844.